The summed E-state index contributed by atoms with van der Waals surface area (Å²) in [4.78, 5) is 27.3. The summed E-state index contributed by atoms with van der Waals surface area (Å²) in [6.45, 7) is 5.60. The first-order valence-corrected chi connectivity index (χ1v) is 9.95. The Morgan fingerprint density at radius 3 is 2.17 bits per heavy atom. The van der Waals surface area contributed by atoms with Crippen molar-refractivity contribution < 1.29 is 23.5 Å². The summed E-state index contributed by atoms with van der Waals surface area (Å²) in [5, 5.41) is 2.88. The molecule has 1 atom stereocenters. The van der Waals surface area contributed by atoms with Gasteiger partial charge in [-0.2, -0.15) is 0 Å². The number of ether oxygens (including phenoxy) is 2. The summed E-state index contributed by atoms with van der Waals surface area (Å²) < 4.78 is 23.8. The van der Waals surface area contributed by atoms with Crippen molar-refractivity contribution in [2.45, 2.75) is 45.8 Å². The molecule has 0 aliphatic heterocycles. The molecule has 0 saturated heterocycles. The molecule has 2 aromatic carbocycles. The van der Waals surface area contributed by atoms with Crippen LogP contribution in [0.4, 0.5) is 4.39 Å². The molecular weight excluding hydrogens is 387 g/mol. The number of hydrogen-bond acceptors (Lipinski definition) is 4. The number of benzene rings is 2. The Morgan fingerprint density at radius 1 is 1.03 bits per heavy atom. The van der Waals surface area contributed by atoms with Gasteiger partial charge in [0.1, 0.15) is 23.4 Å². The van der Waals surface area contributed by atoms with E-state index >= 15 is 0 Å². The number of halogens is 1. The van der Waals surface area contributed by atoms with E-state index < -0.39 is 6.04 Å². The topological polar surface area (TPSA) is 67.9 Å². The smallest absolute Gasteiger partial charge is 0.261 e. The molecule has 7 heteroatoms. The predicted molar refractivity (Wildman–Crippen MR) is 113 cm³/mol. The zero-order valence-corrected chi connectivity index (χ0v) is 17.9. The Balaban J connectivity index is 2.19. The van der Waals surface area contributed by atoms with Gasteiger partial charge in [-0.3, -0.25) is 9.59 Å². The molecule has 0 aliphatic carbocycles. The summed E-state index contributed by atoms with van der Waals surface area (Å²) in [5.41, 5.74) is 0.863. The molecule has 0 aromatic heterocycles. The highest BCUT2D eigenvalue weighted by molar-refractivity contribution is 5.88. The summed E-state index contributed by atoms with van der Waals surface area (Å²) in [7, 11) is 1.58. The molecule has 2 rings (SSSR count). The maximum atomic E-state index is 13.1. The lowest BCUT2D eigenvalue weighted by Gasteiger charge is -2.31. The largest absolute Gasteiger partial charge is 0.497 e. The van der Waals surface area contributed by atoms with Crippen LogP contribution in [0.5, 0.6) is 11.5 Å². The monoisotopic (exact) mass is 416 g/mol. The first kappa shape index (κ1) is 23.2. The maximum Gasteiger partial charge on any atom is 0.261 e. The third kappa shape index (κ3) is 6.76. The van der Waals surface area contributed by atoms with Gasteiger partial charge in [-0.05, 0) is 62.2 Å². The van der Waals surface area contributed by atoms with Crippen LogP contribution in [0.15, 0.2) is 48.5 Å². The molecule has 2 aromatic rings. The van der Waals surface area contributed by atoms with Gasteiger partial charge in [0.2, 0.25) is 5.91 Å². The zero-order valence-electron chi connectivity index (χ0n) is 17.9. The molecule has 0 aliphatic rings. The van der Waals surface area contributed by atoms with Crippen LogP contribution in [0.2, 0.25) is 0 Å². The fourth-order valence-corrected chi connectivity index (χ4v) is 2.99. The normalized spacial score (nSPS) is 11.7. The van der Waals surface area contributed by atoms with Crippen molar-refractivity contribution in [3.8, 4) is 11.5 Å². The van der Waals surface area contributed by atoms with Crippen LogP contribution >= 0.6 is 0 Å². The van der Waals surface area contributed by atoms with Gasteiger partial charge in [-0.15, -0.1) is 0 Å². The second kappa shape index (κ2) is 11.2. The number of amides is 2. The van der Waals surface area contributed by atoms with E-state index in [4.69, 9.17) is 9.47 Å². The SMILES string of the molecule is CC[C@H](C(=O)NC(C)C)N(Cc1ccc(OC)cc1)C(=O)COc1ccc(F)cc1. The van der Waals surface area contributed by atoms with Gasteiger partial charge in [0.05, 0.1) is 7.11 Å². The maximum absolute atomic E-state index is 13.1. The van der Waals surface area contributed by atoms with Gasteiger partial charge in [-0.25, -0.2) is 4.39 Å². The van der Waals surface area contributed by atoms with Crippen LogP contribution in [-0.4, -0.2) is 42.5 Å². The molecule has 6 nitrogen and oxygen atoms in total. The minimum absolute atomic E-state index is 0.0417. The third-order valence-corrected chi connectivity index (χ3v) is 4.50. The van der Waals surface area contributed by atoms with Crippen LogP contribution in [0.1, 0.15) is 32.8 Å². The van der Waals surface area contributed by atoms with Gasteiger partial charge < -0.3 is 19.7 Å². The Bertz CT molecular complexity index is 822. The number of methoxy groups -OCH3 is 1. The molecule has 0 spiro atoms. The number of carbonyl (C=O) groups is 2. The molecule has 1 N–H and O–H groups in total. The van der Waals surface area contributed by atoms with E-state index in [0.717, 1.165) is 5.56 Å². The molecule has 0 bridgehead atoms. The fraction of sp³-hybridized carbons (Fsp3) is 0.391. The Hall–Kier alpha value is -3.09. The minimum atomic E-state index is -0.640. The van der Waals surface area contributed by atoms with E-state index in [0.29, 0.717) is 17.9 Å². The minimum Gasteiger partial charge on any atom is -0.497 e. The Morgan fingerprint density at radius 2 is 1.63 bits per heavy atom. The van der Waals surface area contributed by atoms with Crippen molar-refractivity contribution in [2.75, 3.05) is 13.7 Å². The quantitative estimate of drug-likeness (QED) is 0.643. The summed E-state index contributed by atoms with van der Waals surface area (Å²) >= 11 is 0. The van der Waals surface area contributed by atoms with Crippen molar-refractivity contribution in [2.24, 2.45) is 0 Å². The van der Waals surface area contributed by atoms with Gasteiger partial charge in [-0.1, -0.05) is 19.1 Å². The summed E-state index contributed by atoms with van der Waals surface area (Å²) in [6.07, 6.45) is 0.455. The van der Waals surface area contributed by atoms with Crippen LogP contribution in [0, 0.1) is 5.82 Å². The average Bonchev–Trinajstić information content (AvgIpc) is 2.73. The molecule has 2 amide bonds. The standard InChI is InChI=1S/C23H29FN2O4/c1-5-21(23(28)25-16(2)3)26(14-17-6-10-19(29-4)11-7-17)22(27)15-30-20-12-8-18(24)9-13-20/h6-13,16,21H,5,14-15H2,1-4H3,(H,25,28)/t21-/m1/s1. The number of nitrogens with one attached hydrogen (secondary N) is 1. The number of rotatable bonds is 10. The zero-order chi connectivity index (χ0) is 22.1. The molecule has 162 valence electrons. The molecule has 30 heavy (non-hydrogen) atoms. The Kier molecular flexibility index (Phi) is 8.65. The van der Waals surface area contributed by atoms with Crippen molar-refractivity contribution >= 4 is 11.8 Å². The van der Waals surface area contributed by atoms with E-state index in [1.807, 2.05) is 45.0 Å². The first-order chi connectivity index (χ1) is 14.3. The van der Waals surface area contributed by atoms with Gasteiger partial charge in [0, 0.05) is 12.6 Å². The highest BCUT2D eigenvalue weighted by Gasteiger charge is 2.29. The van der Waals surface area contributed by atoms with Crippen molar-refractivity contribution in [1.82, 2.24) is 10.2 Å². The lowest BCUT2D eigenvalue weighted by atomic mass is 10.1. The molecule has 0 radical (unpaired) electrons. The predicted octanol–water partition coefficient (Wildman–Crippen LogP) is 3.55. The second-order valence-electron chi connectivity index (χ2n) is 7.20. The van der Waals surface area contributed by atoms with E-state index in [1.54, 1.807) is 7.11 Å². The Labute approximate surface area is 177 Å². The lowest BCUT2D eigenvalue weighted by molar-refractivity contribution is -0.143. The number of hydrogen-bond donors (Lipinski definition) is 1. The lowest BCUT2D eigenvalue weighted by Crippen LogP contribution is -2.51. The van der Waals surface area contributed by atoms with E-state index in [9.17, 15) is 14.0 Å². The van der Waals surface area contributed by atoms with E-state index in [-0.39, 0.29) is 36.8 Å². The van der Waals surface area contributed by atoms with Gasteiger partial charge in [0.15, 0.2) is 6.61 Å². The van der Waals surface area contributed by atoms with Gasteiger partial charge >= 0.3 is 0 Å². The van der Waals surface area contributed by atoms with E-state index in [1.165, 1.54) is 29.2 Å². The van der Waals surface area contributed by atoms with Crippen LogP contribution in [0.25, 0.3) is 0 Å². The fourth-order valence-electron chi connectivity index (χ4n) is 2.99. The van der Waals surface area contributed by atoms with Gasteiger partial charge in [0.25, 0.3) is 5.91 Å². The summed E-state index contributed by atoms with van der Waals surface area (Å²) in [5.74, 6) is 0.165. The summed E-state index contributed by atoms with van der Waals surface area (Å²) in [6, 6.07) is 12.1. The molecular formula is C23H29FN2O4. The molecule has 0 saturated carbocycles. The van der Waals surface area contributed by atoms with Crippen LogP contribution in [0.3, 0.4) is 0 Å². The second-order valence-corrected chi connectivity index (χ2v) is 7.20. The van der Waals surface area contributed by atoms with Crippen LogP contribution < -0.4 is 14.8 Å². The van der Waals surface area contributed by atoms with Crippen molar-refractivity contribution in [3.05, 3.63) is 59.9 Å². The number of nitrogens with zero attached hydrogens (tertiary/aromatic N) is 1. The number of carbonyl (C=O) groups excluding carboxylic acids is 2. The van der Waals surface area contributed by atoms with Crippen LogP contribution in [-0.2, 0) is 16.1 Å². The highest BCUT2D eigenvalue weighted by atomic mass is 19.1. The first-order valence-electron chi connectivity index (χ1n) is 9.95. The third-order valence-electron chi connectivity index (χ3n) is 4.50. The van der Waals surface area contributed by atoms with Crippen molar-refractivity contribution in [3.63, 3.8) is 0 Å². The highest BCUT2D eigenvalue weighted by Crippen LogP contribution is 2.17. The average molecular weight is 416 g/mol. The molecule has 0 fully saturated rings. The molecule has 0 heterocycles. The van der Waals surface area contributed by atoms with Crippen molar-refractivity contribution in [1.29, 1.82) is 0 Å². The van der Waals surface area contributed by atoms with E-state index in [2.05, 4.69) is 5.32 Å². The molecule has 0 unspecified atom stereocenters.